The third kappa shape index (κ3) is 3.85. The molecule has 0 aliphatic carbocycles. The van der Waals surface area contributed by atoms with E-state index < -0.39 is 46.2 Å². The fourth-order valence-corrected chi connectivity index (χ4v) is 2.65. The Morgan fingerprint density at radius 3 is 2.04 bits per heavy atom. The zero-order chi connectivity index (χ0) is 20.5. The highest BCUT2D eigenvalue weighted by molar-refractivity contribution is 6.04. The third-order valence-corrected chi connectivity index (χ3v) is 3.95. The Hall–Kier alpha value is -3.29. The lowest BCUT2D eigenvalue weighted by Crippen LogP contribution is -2.14. The number of benzene rings is 3. The molecule has 0 unspecified atom stereocenters. The van der Waals surface area contributed by atoms with Crippen LogP contribution < -0.4 is 5.32 Å². The van der Waals surface area contributed by atoms with Crippen molar-refractivity contribution in [2.75, 3.05) is 5.32 Å². The van der Waals surface area contributed by atoms with Crippen molar-refractivity contribution < 1.29 is 31.1 Å². The number of halogens is 6. The van der Waals surface area contributed by atoms with Crippen molar-refractivity contribution in [3.05, 3.63) is 89.2 Å². The molecular weight excluding hydrogens is 384 g/mol. The van der Waals surface area contributed by atoms with Crippen LogP contribution in [0.1, 0.15) is 15.9 Å². The highest BCUT2D eigenvalue weighted by atomic mass is 19.4. The van der Waals surface area contributed by atoms with Crippen LogP contribution >= 0.6 is 0 Å². The first-order valence-corrected chi connectivity index (χ1v) is 7.90. The highest BCUT2D eigenvalue weighted by Gasteiger charge is 2.34. The summed E-state index contributed by atoms with van der Waals surface area (Å²) in [4.78, 5) is 12.1. The Labute approximate surface area is 155 Å². The van der Waals surface area contributed by atoms with Crippen molar-refractivity contribution >= 4 is 11.6 Å². The predicted octanol–water partition coefficient (Wildman–Crippen LogP) is 6.04. The molecule has 1 amide bonds. The molecule has 2 nitrogen and oxygen atoms in total. The Morgan fingerprint density at radius 2 is 1.39 bits per heavy atom. The second-order valence-electron chi connectivity index (χ2n) is 5.79. The summed E-state index contributed by atoms with van der Waals surface area (Å²) in [6.45, 7) is 0. The van der Waals surface area contributed by atoms with Gasteiger partial charge in [0.2, 0.25) is 0 Å². The lowest BCUT2D eigenvalue weighted by atomic mass is 9.98. The minimum atomic E-state index is -4.75. The first-order chi connectivity index (χ1) is 13.2. The van der Waals surface area contributed by atoms with Gasteiger partial charge in [0.1, 0.15) is 5.82 Å². The number of carbonyl (C=O) groups excluding carboxylic acids is 1. The summed E-state index contributed by atoms with van der Waals surface area (Å²) >= 11 is 0. The maximum atomic E-state index is 14.0. The number of alkyl halides is 3. The van der Waals surface area contributed by atoms with Crippen molar-refractivity contribution in [2.24, 2.45) is 0 Å². The van der Waals surface area contributed by atoms with Gasteiger partial charge in [0.05, 0.1) is 11.1 Å². The molecule has 28 heavy (non-hydrogen) atoms. The van der Waals surface area contributed by atoms with Gasteiger partial charge >= 0.3 is 6.18 Å². The van der Waals surface area contributed by atoms with Gasteiger partial charge in [-0.25, -0.2) is 13.2 Å². The topological polar surface area (TPSA) is 29.1 Å². The van der Waals surface area contributed by atoms with Crippen LogP contribution in [0.5, 0.6) is 0 Å². The standard InChI is InChI=1S/C20H11F6NO/c21-15-5-2-4-14(20(24,25)26)17(15)11-7-9-12(10-8-11)27-19(28)13-3-1-6-16(22)18(13)23/h1-10H,(H,27,28). The molecule has 0 bridgehead atoms. The maximum Gasteiger partial charge on any atom is 0.417 e. The van der Waals surface area contributed by atoms with Crippen molar-refractivity contribution in [1.82, 2.24) is 0 Å². The highest BCUT2D eigenvalue weighted by Crippen LogP contribution is 2.38. The van der Waals surface area contributed by atoms with E-state index in [-0.39, 0.29) is 11.3 Å². The summed E-state index contributed by atoms with van der Waals surface area (Å²) in [6.07, 6.45) is -4.75. The Balaban J connectivity index is 1.89. The number of amides is 1. The largest absolute Gasteiger partial charge is 0.417 e. The molecule has 3 aromatic rings. The van der Waals surface area contributed by atoms with Crippen LogP contribution in [0.4, 0.5) is 32.0 Å². The van der Waals surface area contributed by atoms with Gasteiger partial charge in [-0.3, -0.25) is 4.79 Å². The van der Waals surface area contributed by atoms with Gasteiger partial charge in [0.15, 0.2) is 11.6 Å². The quantitative estimate of drug-likeness (QED) is 0.538. The van der Waals surface area contributed by atoms with Gasteiger partial charge in [-0.15, -0.1) is 0 Å². The smallest absolute Gasteiger partial charge is 0.322 e. The fourth-order valence-electron chi connectivity index (χ4n) is 2.65. The molecule has 8 heteroatoms. The van der Waals surface area contributed by atoms with Gasteiger partial charge in [0.25, 0.3) is 5.91 Å². The Bertz CT molecular complexity index is 1030. The Kier molecular flexibility index (Phi) is 5.13. The number of rotatable bonds is 3. The van der Waals surface area contributed by atoms with Crippen molar-refractivity contribution in [3.63, 3.8) is 0 Å². The van der Waals surface area contributed by atoms with Crippen molar-refractivity contribution in [1.29, 1.82) is 0 Å². The fraction of sp³-hybridized carbons (Fsp3) is 0.0500. The lowest BCUT2D eigenvalue weighted by molar-refractivity contribution is -0.137. The molecule has 0 heterocycles. The predicted molar refractivity (Wildman–Crippen MR) is 91.1 cm³/mol. The monoisotopic (exact) mass is 395 g/mol. The van der Waals surface area contributed by atoms with Gasteiger partial charge in [0, 0.05) is 11.3 Å². The van der Waals surface area contributed by atoms with E-state index in [1.165, 1.54) is 24.3 Å². The molecule has 0 saturated carbocycles. The number of hydrogen-bond acceptors (Lipinski definition) is 1. The molecule has 0 aliphatic heterocycles. The molecule has 0 aliphatic rings. The van der Waals surface area contributed by atoms with Crippen LogP contribution in [0.3, 0.4) is 0 Å². The van der Waals surface area contributed by atoms with Crippen LogP contribution in [0.25, 0.3) is 11.1 Å². The minimum Gasteiger partial charge on any atom is -0.322 e. The number of anilines is 1. The van der Waals surface area contributed by atoms with Gasteiger partial charge in [-0.05, 0) is 42.0 Å². The van der Waals surface area contributed by atoms with Crippen LogP contribution in [0.2, 0.25) is 0 Å². The second kappa shape index (κ2) is 7.38. The third-order valence-electron chi connectivity index (χ3n) is 3.95. The van der Waals surface area contributed by atoms with E-state index >= 15 is 0 Å². The summed E-state index contributed by atoms with van der Waals surface area (Å²) in [5.74, 6) is -4.50. The average Bonchev–Trinajstić information content (AvgIpc) is 2.64. The zero-order valence-corrected chi connectivity index (χ0v) is 13.9. The normalized spacial score (nSPS) is 11.4. The summed E-state index contributed by atoms with van der Waals surface area (Å²) in [5, 5.41) is 2.30. The molecule has 0 radical (unpaired) electrons. The minimum absolute atomic E-state index is 0.0552. The molecule has 3 aromatic carbocycles. The van der Waals surface area contributed by atoms with Crippen LogP contribution in [0, 0.1) is 17.5 Å². The van der Waals surface area contributed by atoms with Crippen LogP contribution in [0.15, 0.2) is 60.7 Å². The second-order valence-corrected chi connectivity index (χ2v) is 5.79. The van der Waals surface area contributed by atoms with Crippen molar-refractivity contribution in [2.45, 2.75) is 6.18 Å². The molecule has 0 atom stereocenters. The Morgan fingerprint density at radius 1 is 0.786 bits per heavy atom. The zero-order valence-electron chi connectivity index (χ0n) is 13.9. The van der Waals surface area contributed by atoms with E-state index in [1.54, 1.807) is 0 Å². The summed E-state index contributed by atoms with van der Waals surface area (Å²) in [6, 6.07) is 10.6. The molecule has 1 N–H and O–H groups in total. The van der Waals surface area contributed by atoms with E-state index in [2.05, 4.69) is 5.32 Å². The average molecular weight is 395 g/mol. The summed E-state index contributed by atoms with van der Waals surface area (Å²) in [7, 11) is 0. The summed E-state index contributed by atoms with van der Waals surface area (Å²) < 4.78 is 80.3. The molecule has 3 rings (SSSR count). The van der Waals surface area contributed by atoms with E-state index in [4.69, 9.17) is 0 Å². The first-order valence-electron chi connectivity index (χ1n) is 7.90. The molecule has 0 fully saturated rings. The van der Waals surface area contributed by atoms with E-state index in [0.29, 0.717) is 0 Å². The number of nitrogens with one attached hydrogen (secondary N) is 1. The number of carbonyl (C=O) groups is 1. The van der Waals surface area contributed by atoms with E-state index in [9.17, 15) is 31.1 Å². The van der Waals surface area contributed by atoms with E-state index in [1.807, 2.05) is 0 Å². The molecule has 0 saturated heterocycles. The molecular formula is C20H11F6NO. The summed E-state index contributed by atoms with van der Waals surface area (Å²) in [5.41, 5.74) is -2.23. The van der Waals surface area contributed by atoms with Crippen molar-refractivity contribution in [3.8, 4) is 11.1 Å². The van der Waals surface area contributed by atoms with Crippen LogP contribution in [-0.2, 0) is 6.18 Å². The number of hydrogen-bond donors (Lipinski definition) is 1. The van der Waals surface area contributed by atoms with Gasteiger partial charge in [-0.1, -0.05) is 24.3 Å². The lowest BCUT2D eigenvalue weighted by Gasteiger charge is -2.14. The van der Waals surface area contributed by atoms with Gasteiger partial charge < -0.3 is 5.32 Å². The first kappa shape index (κ1) is 19.5. The maximum absolute atomic E-state index is 14.0. The van der Waals surface area contributed by atoms with E-state index in [0.717, 1.165) is 36.4 Å². The molecule has 144 valence electrons. The SMILES string of the molecule is O=C(Nc1ccc(-c2c(F)cccc2C(F)(F)F)cc1)c1cccc(F)c1F. The van der Waals surface area contributed by atoms with Gasteiger partial charge in [-0.2, -0.15) is 13.2 Å². The molecule has 0 aromatic heterocycles. The molecule has 0 spiro atoms. The van der Waals surface area contributed by atoms with Crippen LogP contribution in [-0.4, -0.2) is 5.91 Å².